The molecule has 2 N–H and O–H groups in total. The molecule has 2 aliphatic rings. The number of nitrogens with zero attached hydrogens (tertiary/aromatic N) is 4. The van der Waals surface area contributed by atoms with Crippen LogP contribution in [0.3, 0.4) is 0 Å². The molecule has 39 heavy (non-hydrogen) atoms. The van der Waals surface area contributed by atoms with Crippen LogP contribution in [0.4, 0.5) is 5.13 Å². The van der Waals surface area contributed by atoms with Crippen molar-refractivity contribution in [2.75, 3.05) is 19.0 Å². The van der Waals surface area contributed by atoms with E-state index in [1.807, 2.05) is 11.9 Å². The number of ether oxygens (including phenoxy) is 1. The first-order valence-corrected chi connectivity index (χ1v) is 13.7. The van der Waals surface area contributed by atoms with Gasteiger partial charge in [-0.05, 0) is 42.9 Å². The van der Waals surface area contributed by atoms with Gasteiger partial charge >= 0.3 is 0 Å². The fourth-order valence-electron chi connectivity index (χ4n) is 4.81. The number of amides is 1. The lowest BCUT2D eigenvalue weighted by molar-refractivity contribution is 0.0912. The molecule has 0 unspecified atom stereocenters. The van der Waals surface area contributed by atoms with E-state index in [4.69, 9.17) is 20.5 Å². The summed E-state index contributed by atoms with van der Waals surface area (Å²) in [7, 11) is 1.53. The molecule has 4 rings (SSSR count). The second-order valence-corrected chi connectivity index (χ2v) is 11.0. The smallest absolute Gasteiger partial charge is 0.270 e. The number of nitrogens with one attached hydrogen (secondary N) is 2. The summed E-state index contributed by atoms with van der Waals surface area (Å²) in [6.45, 7) is -0.285. The van der Waals surface area contributed by atoms with E-state index in [0.717, 1.165) is 25.7 Å². The number of aromatic nitrogens is 3. The Bertz CT molecular complexity index is 1450. The van der Waals surface area contributed by atoms with Crippen molar-refractivity contribution in [1.82, 2.24) is 25.0 Å². The predicted octanol–water partition coefficient (Wildman–Crippen LogP) is 3.98. The van der Waals surface area contributed by atoms with Crippen LogP contribution < -0.4 is 10.6 Å². The van der Waals surface area contributed by atoms with E-state index < -0.39 is 25.0 Å². The highest BCUT2D eigenvalue weighted by Crippen LogP contribution is 2.36. The zero-order chi connectivity index (χ0) is 30.4. The SMILES string of the molecule is [2H]C([2H])([2H])n1nccc1C(=O)N[C@H](C(=C=O)Nc1ncc([C@@H](COC)N2C=C(Cl)C=CC2=C=O)s1)C1CCC(C)CC1. The Balaban J connectivity index is 1.60. The van der Waals surface area contributed by atoms with Crippen LogP contribution in [0.2, 0.25) is 0 Å². The Morgan fingerprint density at radius 3 is 2.82 bits per heavy atom. The molecule has 0 saturated heterocycles. The van der Waals surface area contributed by atoms with Crippen LogP contribution in [-0.4, -0.2) is 57.2 Å². The van der Waals surface area contributed by atoms with Gasteiger partial charge in [0, 0.05) is 36.8 Å². The van der Waals surface area contributed by atoms with Crippen LogP contribution in [0.5, 0.6) is 0 Å². The summed E-state index contributed by atoms with van der Waals surface area (Å²) < 4.78 is 29.1. The van der Waals surface area contributed by atoms with Crippen molar-refractivity contribution in [3.05, 3.63) is 63.8 Å². The van der Waals surface area contributed by atoms with Crippen molar-refractivity contribution in [3.8, 4) is 0 Å². The van der Waals surface area contributed by atoms with Gasteiger partial charge in [-0.3, -0.25) is 9.48 Å². The van der Waals surface area contributed by atoms with Crippen LogP contribution in [0, 0.1) is 11.8 Å². The first kappa shape index (κ1) is 24.6. The van der Waals surface area contributed by atoms with E-state index in [-0.39, 0.29) is 29.6 Å². The molecular weight excluding hydrogens is 540 g/mol. The summed E-state index contributed by atoms with van der Waals surface area (Å²) in [5, 5.41) is 10.5. The number of anilines is 1. The largest absolute Gasteiger partial charge is 0.382 e. The minimum atomic E-state index is -2.65. The van der Waals surface area contributed by atoms with Gasteiger partial charge in [0.15, 0.2) is 11.1 Å². The number of allylic oxidation sites excluding steroid dienone is 3. The van der Waals surface area contributed by atoms with Gasteiger partial charge in [-0.25, -0.2) is 14.6 Å². The molecule has 1 aliphatic carbocycles. The van der Waals surface area contributed by atoms with E-state index in [9.17, 15) is 14.4 Å². The number of hydrogen-bond acceptors (Lipinski definition) is 9. The Hall–Kier alpha value is -3.46. The highest BCUT2D eigenvalue weighted by molar-refractivity contribution is 7.15. The molecule has 0 radical (unpaired) electrons. The fraction of sp³-hybridized carbons (Fsp3) is 0.444. The fourth-order valence-corrected chi connectivity index (χ4v) is 5.89. The summed E-state index contributed by atoms with van der Waals surface area (Å²) in [4.78, 5) is 44.0. The molecule has 2 atom stereocenters. The molecule has 12 heteroatoms. The predicted molar refractivity (Wildman–Crippen MR) is 149 cm³/mol. The highest BCUT2D eigenvalue weighted by Gasteiger charge is 2.33. The third-order valence-electron chi connectivity index (χ3n) is 6.91. The molecule has 0 bridgehead atoms. The standard InChI is InChI=1S/C27H31ClN6O4S/c1-17-4-6-18(7-5-17)25(32-26(37)22-10-11-30-33(22)2)21(15-36)31-27-29-12-24(39-27)23(16-38-3)34-13-19(28)8-9-20(34)14-35/h8-13,17-18,23,25H,4-7,16H2,1-3H3,(H,29,31)(H,32,37)/t17?,18?,23-,25+/m1/s1/i2D3. The molecule has 2 aromatic heterocycles. The number of hydrogen-bond donors (Lipinski definition) is 2. The maximum atomic E-state index is 13.3. The number of rotatable bonds is 10. The molecule has 1 amide bonds. The van der Waals surface area contributed by atoms with Crippen molar-refractivity contribution in [2.45, 2.75) is 44.7 Å². The first-order chi connectivity index (χ1) is 20.0. The van der Waals surface area contributed by atoms with Crippen LogP contribution in [0.25, 0.3) is 0 Å². The minimum Gasteiger partial charge on any atom is -0.382 e. The molecule has 2 aromatic rings. The van der Waals surface area contributed by atoms with Gasteiger partial charge < -0.3 is 20.3 Å². The Labute approximate surface area is 240 Å². The van der Waals surface area contributed by atoms with Crippen LogP contribution in [0.15, 0.2) is 53.2 Å². The summed E-state index contributed by atoms with van der Waals surface area (Å²) in [6.07, 6.45) is 11.0. The van der Waals surface area contributed by atoms with Gasteiger partial charge in [0.1, 0.15) is 23.0 Å². The Morgan fingerprint density at radius 1 is 1.33 bits per heavy atom. The van der Waals surface area contributed by atoms with Crippen molar-refractivity contribution in [3.63, 3.8) is 0 Å². The maximum absolute atomic E-state index is 13.3. The molecule has 1 aliphatic heterocycles. The molecular formula is C27H31ClN6O4S. The number of thiazole rings is 1. The van der Waals surface area contributed by atoms with Gasteiger partial charge in [-0.2, -0.15) is 5.10 Å². The number of carbonyl (C=O) groups is 1. The number of methoxy groups -OCH3 is 1. The van der Waals surface area contributed by atoms with E-state index in [1.165, 1.54) is 30.7 Å². The van der Waals surface area contributed by atoms with Crippen LogP contribution >= 0.6 is 22.9 Å². The topological polar surface area (TPSA) is 118 Å². The zero-order valence-corrected chi connectivity index (χ0v) is 23.1. The first-order valence-electron chi connectivity index (χ1n) is 14.0. The molecule has 1 fully saturated rings. The number of carbonyl (C=O) groups excluding carboxylic acids is 3. The molecule has 1 saturated carbocycles. The average molecular weight is 574 g/mol. The van der Waals surface area contributed by atoms with Crippen molar-refractivity contribution in [2.24, 2.45) is 18.8 Å². The second kappa shape index (κ2) is 13.1. The lowest BCUT2D eigenvalue weighted by atomic mass is 9.78. The third kappa shape index (κ3) is 6.76. The van der Waals surface area contributed by atoms with Crippen LogP contribution in [-0.2, 0) is 21.3 Å². The van der Waals surface area contributed by atoms with E-state index in [0.29, 0.717) is 25.6 Å². The monoisotopic (exact) mass is 573 g/mol. The summed E-state index contributed by atoms with van der Waals surface area (Å²) >= 11 is 7.43. The average Bonchev–Trinajstić information content (AvgIpc) is 3.64. The lowest BCUT2D eigenvalue weighted by Gasteiger charge is -2.33. The Morgan fingerprint density at radius 2 is 2.13 bits per heavy atom. The second-order valence-electron chi connectivity index (χ2n) is 9.52. The Kier molecular flexibility index (Phi) is 8.23. The molecule has 3 heterocycles. The maximum Gasteiger partial charge on any atom is 0.270 e. The van der Waals surface area contributed by atoms with Gasteiger partial charge in [-0.1, -0.05) is 42.7 Å². The summed E-state index contributed by atoms with van der Waals surface area (Å²) in [5.41, 5.74) is 0.197. The highest BCUT2D eigenvalue weighted by atomic mass is 35.5. The molecule has 0 spiro atoms. The molecule has 206 valence electrons. The van der Waals surface area contributed by atoms with E-state index >= 15 is 0 Å². The van der Waals surface area contributed by atoms with Gasteiger partial charge in [0.05, 0.1) is 28.6 Å². The van der Waals surface area contributed by atoms with Crippen molar-refractivity contribution in [1.29, 1.82) is 0 Å². The molecule has 10 nitrogen and oxygen atoms in total. The number of aryl methyl sites for hydroxylation is 1. The number of halogens is 1. The summed E-state index contributed by atoms with van der Waals surface area (Å²) in [6, 6.07) is 0.0848. The molecule has 0 aromatic carbocycles. The van der Waals surface area contributed by atoms with Crippen molar-refractivity contribution < 1.29 is 23.2 Å². The van der Waals surface area contributed by atoms with E-state index in [1.54, 1.807) is 29.4 Å². The van der Waals surface area contributed by atoms with Crippen LogP contribution in [0.1, 0.15) is 58.1 Å². The minimum absolute atomic E-state index is 0.0735. The van der Waals surface area contributed by atoms with Crippen molar-refractivity contribution >= 4 is 45.9 Å². The summed E-state index contributed by atoms with van der Waals surface area (Å²) in [5.74, 6) is 3.61. The quantitative estimate of drug-likeness (QED) is 0.410. The lowest BCUT2D eigenvalue weighted by Crippen LogP contribution is -2.45. The zero-order valence-electron chi connectivity index (χ0n) is 24.5. The van der Waals surface area contributed by atoms with E-state index in [2.05, 4.69) is 27.6 Å². The van der Waals surface area contributed by atoms with Gasteiger partial charge in [0.2, 0.25) is 0 Å². The third-order valence-corrected chi connectivity index (χ3v) is 8.15. The van der Waals surface area contributed by atoms with Gasteiger partial charge in [0.25, 0.3) is 5.91 Å². The normalized spacial score (nSPS) is 21.9. The van der Waals surface area contributed by atoms with Gasteiger partial charge in [-0.15, -0.1) is 0 Å².